The summed E-state index contributed by atoms with van der Waals surface area (Å²) in [4.78, 5) is 8.10. The van der Waals surface area contributed by atoms with Crippen molar-refractivity contribution in [2.24, 2.45) is 0 Å². The maximum absolute atomic E-state index is 4.98. The van der Waals surface area contributed by atoms with Crippen LogP contribution in [0.3, 0.4) is 0 Å². The van der Waals surface area contributed by atoms with Crippen molar-refractivity contribution in [2.75, 3.05) is 0 Å². The summed E-state index contributed by atoms with van der Waals surface area (Å²) in [7, 11) is 0. The van der Waals surface area contributed by atoms with Gasteiger partial charge in [0.1, 0.15) is 0 Å². The Labute approximate surface area is 75.6 Å². The first-order chi connectivity index (χ1) is 6.34. The van der Waals surface area contributed by atoms with E-state index >= 15 is 0 Å². The molecule has 0 saturated heterocycles. The molecule has 0 aliphatic heterocycles. The third-order valence-corrected chi connectivity index (χ3v) is 1.65. The van der Waals surface area contributed by atoms with Crippen LogP contribution in [0.15, 0.2) is 29.0 Å². The molecule has 0 saturated carbocycles. The highest BCUT2D eigenvalue weighted by molar-refractivity contribution is 5.12. The van der Waals surface area contributed by atoms with Crippen molar-refractivity contribution in [3.63, 3.8) is 0 Å². The molecule has 0 N–H and O–H groups in total. The number of rotatable bonds is 2. The highest BCUT2D eigenvalue weighted by Crippen LogP contribution is 2.05. The molecule has 0 bridgehead atoms. The van der Waals surface area contributed by atoms with Crippen LogP contribution >= 0.6 is 0 Å². The Morgan fingerprint density at radius 3 is 3.00 bits per heavy atom. The number of hydrogen-bond acceptors (Lipinski definition) is 4. The van der Waals surface area contributed by atoms with E-state index in [4.69, 9.17) is 4.52 Å². The quantitative estimate of drug-likeness (QED) is 0.691. The van der Waals surface area contributed by atoms with E-state index in [9.17, 15) is 0 Å². The molecule has 66 valence electrons. The zero-order valence-electron chi connectivity index (χ0n) is 7.27. The third-order valence-electron chi connectivity index (χ3n) is 1.65. The highest BCUT2D eigenvalue weighted by atomic mass is 16.5. The lowest BCUT2D eigenvalue weighted by atomic mass is 10.2. The topological polar surface area (TPSA) is 51.8 Å². The zero-order chi connectivity index (χ0) is 9.10. The van der Waals surface area contributed by atoms with Gasteiger partial charge in [0.2, 0.25) is 5.89 Å². The molecule has 0 unspecified atom stereocenters. The van der Waals surface area contributed by atoms with Gasteiger partial charge >= 0.3 is 0 Å². The fraction of sp³-hybridized carbons (Fsp3) is 0.222. The van der Waals surface area contributed by atoms with Crippen LogP contribution in [0.2, 0.25) is 0 Å². The van der Waals surface area contributed by atoms with Gasteiger partial charge in [-0.3, -0.25) is 4.98 Å². The van der Waals surface area contributed by atoms with Gasteiger partial charge in [0.25, 0.3) is 0 Å². The van der Waals surface area contributed by atoms with Crippen LogP contribution in [0, 0.1) is 6.92 Å². The van der Waals surface area contributed by atoms with E-state index in [1.54, 1.807) is 19.3 Å². The largest absolute Gasteiger partial charge is 0.339 e. The lowest BCUT2D eigenvalue weighted by Crippen LogP contribution is -1.88. The molecule has 4 heteroatoms. The molecular weight excluding hydrogens is 166 g/mol. The molecular formula is C9H9N3O. The average Bonchev–Trinajstić information content (AvgIpc) is 2.53. The van der Waals surface area contributed by atoms with Crippen molar-refractivity contribution in [1.82, 2.24) is 15.1 Å². The van der Waals surface area contributed by atoms with E-state index in [1.165, 1.54) is 0 Å². The summed E-state index contributed by atoms with van der Waals surface area (Å²) in [5.41, 5.74) is 1.08. The Morgan fingerprint density at radius 1 is 1.46 bits per heavy atom. The van der Waals surface area contributed by atoms with E-state index in [0.717, 1.165) is 5.56 Å². The fourth-order valence-corrected chi connectivity index (χ4v) is 1.09. The van der Waals surface area contributed by atoms with Crippen LogP contribution in [-0.4, -0.2) is 15.1 Å². The second-order valence-corrected chi connectivity index (χ2v) is 2.77. The molecule has 0 spiro atoms. The molecule has 4 nitrogen and oxygen atoms in total. The van der Waals surface area contributed by atoms with E-state index in [2.05, 4.69) is 15.1 Å². The first-order valence-corrected chi connectivity index (χ1v) is 4.03. The summed E-state index contributed by atoms with van der Waals surface area (Å²) in [6.45, 7) is 1.80. The molecule has 0 aromatic carbocycles. The predicted octanol–water partition coefficient (Wildman–Crippen LogP) is 1.36. The third kappa shape index (κ3) is 1.90. The van der Waals surface area contributed by atoms with E-state index in [0.29, 0.717) is 18.1 Å². The van der Waals surface area contributed by atoms with Crippen molar-refractivity contribution in [3.05, 3.63) is 41.8 Å². The van der Waals surface area contributed by atoms with Gasteiger partial charge in [-0.1, -0.05) is 11.2 Å². The minimum absolute atomic E-state index is 0.630. The van der Waals surface area contributed by atoms with Gasteiger partial charge in [0, 0.05) is 12.4 Å². The Kier molecular flexibility index (Phi) is 2.04. The van der Waals surface area contributed by atoms with Crippen LogP contribution in [0.4, 0.5) is 0 Å². The van der Waals surface area contributed by atoms with Gasteiger partial charge in [-0.15, -0.1) is 0 Å². The molecule has 2 aromatic heterocycles. The summed E-state index contributed by atoms with van der Waals surface area (Å²) >= 11 is 0. The first kappa shape index (κ1) is 7.91. The molecule has 0 amide bonds. The molecule has 2 rings (SSSR count). The molecule has 0 fully saturated rings. The van der Waals surface area contributed by atoms with Gasteiger partial charge in [0.15, 0.2) is 5.82 Å². The SMILES string of the molecule is Cc1noc(Cc2cccnc2)n1. The van der Waals surface area contributed by atoms with Gasteiger partial charge in [-0.05, 0) is 18.6 Å². The van der Waals surface area contributed by atoms with Crippen LogP contribution in [0.25, 0.3) is 0 Å². The van der Waals surface area contributed by atoms with E-state index < -0.39 is 0 Å². The van der Waals surface area contributed by atoms with Gasteiger partial charge in [0.05, 0.1) is 6.42 Å². The molecule has 0 radical (unpaired) electrons. The second kappa shape index (κ2) is 3.35. The number of hydrogen-bond donors (Lipinski definition) is 0. The number of aryl methyl sites for hydroxylation is 1. The van der Waals surface area contributed by atoms with Crippen LogP contribution in [0.1, 0.15) is 17.3 Å². The van der Waals surface area contributed by atoms with Crippen LogP contribution < -0.4 is 0 Å². The Bertz CT molecular complexity index is 383. The fourth-order valence-electron chi connectivity index (χ4n) is 1.09. The minimum atomic E-state index is 0.630. The Hall–Kier alpha value is -1.71. The minimum Gasteiger partial charge on any atom is -0.339 e. The number of aromatic nitrogens is 3. The second-order valence-electron chi connectivity index (χ2n) is 2.77. The Morgan fingerprint density at radius 2 is 2.38 bits per heavy atom. The Balaban J connectivity index is 2.15. The van der Waals surface area contributed by atoms with Gasteiger partial charge in [-0.25, -0.2) is 0 Å². The highest BCUT2D eigenvalue weighted by Gasteiger charge is 2.02. The summed E-state index contributed by atoms with van der Waals surface area (Å²) in [6, 6.07) is 3.87. The smallest absolute Gasteiger partial charge is 0.231 e. The van der Waals surface area contributed by atoms with E-state index in [1.807, 2.05) is 12.1 Å². The van der Waals surface area contributed by atoms with Crippen molar-refractivity contribution in [3.8, 4) is 0 Å². The summed E-state index contributed by atoms with van der Waals surface area (Å²) in [6.07, 6.45) is 4.18. The summed E-state index contributed by atoms with van der Waals surface area (Å²) in [5.74, 6) is 1.30. The molecule has 2 heterocycles. The molecule has 13 heavy (non-hydrogen) atoms. The van der Waals surface area contributed by atoms with Gasteiger partial charge < -0.3 is 4.52 Å². The zero-order valence-corrected chi connectivity index (χ0v) is 7.27. The van der Waals surface area contributed by atoms with Crippen molar-refractivity contribution in [2.45, 2.75) is 13.3 Å². The maximum atomic E-state index is 4.98. The van der Waals surface area contributed by atoms with Crippen LogP contribution in [-0.2, 0) is 6.42 Å². The number of nitrogens with zero attached hydrogens (tertiary/aromatic N) is 3. The maximum Gasteiger partial charge on any atom is 0.231 e. The lowest BCUT2D eigenvalue weighted by Gasteiger charge is -1.92. The van der Waals surface area contributed by atoms with E-state index in [-0.39, 0.29) is 0 Å². The predicted molar refractivity (Wildman–Crippen MR) is 46.1 cm³/mol. The van der Waals surface area contributed by atoms with Crippen molar-refractivity contribution >= 4 is 0 Å². The summed E-state index contributed by atoms with van der Waals surface area (Å²) < 4.78 is 4.98. The lowest BCUT2D eigenvalue weighted by molar-refractivity contribution is 0.381. The molecule has 0 aliphatic carbocycles. The van der Waals surface area contributed by atoms with Crippen molar-refractivity contribution in [1.29, 1.82) is 0 Å². The van der Waals surface area contributed by atoms with Crippen molar-refractivity contribution < 1.29 is 4.52 Å². The first-order valence-electron chi connectivity index (χ1n) is 4.03. The average molecular weight is 175 g/mol. The normalized spacial score (nSPS) is 10.2. The van der Waals surface area contributed by atoms with Gasteiger partial charge in [-0.2, -0.15) is 4.98 Å². The number of pyridine rings is 1. The molecule has 0 aliphatic rings. The van der Waals surface area contributed by atoms with Crippen LogP contribution in [0.5, 0.6) is 0 Å². The standard InChI is InChI=1S/C9H9N3O/c1-7-11-9(13-12-7)5-8-3-2-4-10-6-8/h2-4,6H,5H2,1H3. The molecule has 2 aromatic rings. The molecule has 0 atom stereocenters. The summed E-state index contributed by atoms with van der Waals surface area (Å²) in [5, 5.41) is 3.71. The monoisotopic (exact) mass is 175 g/mol.